The molecule has 0 heterocycles. The standard InChI is InChI=1S/C17H13BrN2O/c1-12-6-8-15(9-7-12)20-17(21)14(11-19)10-13-4-2-3-5-16(13)18/h2-10H,1H3,(H,20,21). The molecule has 0 saturated heterocycles. The van der Waals surface area contributed by atoms with Crippen molar-refractivity contribution >= 4 is 33.6 Å². The summed E-state index contributed by atoms with van der Waals surface area (Å²) < 4.78 is 0.834. The fraction of sp³-hybridized carbons (Fsp3) is 0.0588. The van der Waals surface area contributed by atoms with Gasteiger partial charge in [-0.15, -0.1) is 0 Å². The van der Waals surface area contributed by atoms with E-state index in [1.807, 2.05) is 49.4 Å². The Bertz CT molecular complexity index is 727. The highest BCUT2D eigenvalue weighted by Crippen LogP contribution is 2.19. The minimum Gasteiger partial charge on any atom is -0.321 e. The molecule has 0 aliphatic heterocycles. The number of benzene rings is 2. The number of nitriles is 1. The molecule has 2 rings (SSSR count). The SMILES string of the molecule is Cc1ccc(NC(=O)C(C#N)=Cc2ccccc2Br)cc1. The van der Waals surface area contributed by atoms with E-state index in [1.54, 1.807) is 18.2 Å². The fourth-order valence-electron chi connectivity index (χ4n) is 1.73. The van der Waals surface area contributed by atoms with Crippen molar-refractivity contribution in [2.24, 2.45) is 0 Å². The number of nitrogens with one attached hydrogen (secondary N) is 1. The summed E-state index contributed by atoms with van der Waals surface area (Å²) in [7, 11) is 0. The van der Waals surface area contributed by atoms with Gasteiger partial charge in [0, 0.05) is 10.2 Å². The molecule has 0 aromatic heterocycles. The maximum atomic E-state index is 12.1. The third-order valence-corrected chi connectivity index (χ3v) is 3.60. The van der Waals surface area contributed by atoms with Crippen molar-refractivity contribution in [3.8, 4) is 6.07 Å². The van der Waals surface area contributed by atoms with E-state index in [9.17, 15) is 10.1 Å². The lowest BCUT2D eigenvalue weighted by molar-refractivity contribution is -0.112. The number of halogens is 1. The van der Waals surface area contributed by atoms with Gasteiger partial charge in [-0.25, -0.2) is 0 Å². The molecule has 4 heteroatoms. The normalized spacial score (nSPS) is 10.8. The van der Waals surface area contributed by atoms with Crippen LogP contribution in [0.5, 0.6) is 0 Å². The van der Waals surface area contributed by atoms with Gasteiger partial charge in [0.05, 0.1) is 0 Å². The van der Waals surface area contributed by atoms with Gasteiger partial charge in [0.1, 0.15) is 11.6 Å². The molecule has 1 amide bonds. The van der Waals surface area contributed by atoms with Gasteiger partial charge in [0.25, 0.3) is 5.91 Å². The molecule has 2 aromatic carbocycles. The van der Waals surface area contributed by atoms with Crippen LogP contribution in [0.15, 0.2) is 58.6 Å². The molecule has 1 N–H and O–H groups in total. The van der Waals surface area contributed by atoms with Crippen LogP contribution < -0.4 is 5.32 Å². The fourth-order valence-corrected chi connectivity index (χ4v) is 2.13. The minimum absolute atomic E-state index is 0.0578. The van der Waals surface area contributed by atoms with E-state index in [4.69, 9.17) is 0 Å². The van der Waals surface area contributed by atoms with Crippen LogP contribution in [0.1, 0.15) is 11.1 Å². The predicted molar refractivity (Wildman–Crippen MR) is 87.5 cm³/mol. The molecule has 0 fully saturated rings. The number of carbonyl (C=O) groups is 1. The maximum Gasteiger partial charge on any atom is 0.266 e. The minimum atomic E-state index is -0.419. The Morgan fingerprint density at radius 1 is 1.19 bits per heavy atom. The second-order valence-electron chi connectivity index (χ2n) is 4.51. The molecule has 0 bridgehead atoms. The van der Waals surface area contributed by atoms with Crippen LogP contribution in [0.25, 0.3) is 6.08 Å². The first kappa shape index (κ1) is 15.0. The summed E-state index contributed by atoms with van der Waals surface area (Å²) in [5, 5.41) is 11.9. The number of amides is 1. The highest BCUT2D eigenvalue weighted by molar-refractivity contribution is 9.10. The van der Waals surface area contributed by atoms with Gasteiger partial charge >= 0.3 is 0 Å². The maximum absolute atomic E-state index is 12.1. The number of hydrogen-bond donors (Lipinski definition) is 1. The van der Waals surface area contributed by atoms with Crippen LogP contribution in [0, 0.1) is 18.3 Å². The van der Waals surface area contributed by atoms with Gasteiger partial charge in [0.2, 0.25) is 0 Å². The average molecular weight is 341 g/mol. The zero-order valence-electron chi connectivity index (χ0n) is 11.4. The smallest absolute Gasteiger partial charge is 0.266 e. The first-order valence-electron chi connectivity index (χ1n) is 6.34. The monoisotopic (exact) mass is 340 g/mol. The number of nitrogens with zero attached hydrogens (tertiary/aromatic N) is 1. The Morgan fingerprint density at radius 3 is 2.48 bits per heavy atom. The summed E-state index contributed by atoms with van der Waals surface area (Å²) in [5.41, 5.74) is 2.62. The molecule has 0 radical (unpaired) electrons. The summed E-state index contributed by atoms with van der Waals surface area (Å²) in [5.74, 6) is -0.419. The van der Waals surface area contributed by atoms with E-state index in [2.05, 4.69) is 21.2 Å². The number of rotatable bonds is 3. The predicted octanol–water partition coefficient (Wildman–Crippen LogP) is 4.30. The second kappa shape index (κ2) is 6.87. The van der Waals surface area contributed by atoms with Crippen molar-refractivity contribution in [3.05, 3.63) is 69.7 Å². The zero-order valence-corrected chi connectivity index (χ0v) is 13.0. The zero-order chi connectivity index (χ0) is 15.2. The van der Waals surface area contributed by atoms with Gasteiger partial charge in [-0.2, -0.15) is 5.26 Å². The van der Waals surface area contributed by atoms with E-state index in [1.165, 1.54) is 0 Å². The van der Waals surface area contributed by atoms with Crippen LogP contribution in [-0.4, -0.2) is 5.91 Å². The van der Waals surface area contributed by atoms with Crippen LogP contribution in [0.3, 0.4) is 0 Å². The van der Waals surface area contributed by atoms with Gasteiger partial charge < -0.3 is 5.32 Å². The second-order valence-corrected chi connectivity index (χ2v) is 5.37. The number of anilines is 1. The third-order valence-electron chi connectivity index (χ3n) is 2.88. The van der Waals surface area contributed by atoms with Crippen molar-refractivity contribution in [1.82, 2.24) is 0 Å². The molecule has 21 heavy (non-hydrogen) atoms. The number of hydrogen-bond acceptors (Lipinski definition) is 2. The average Bonchev–Trinajstić information content (AvgIpc) is 2.48. The molecule has 0 aliphatic rings. The molecule has 0 spiro atoms. The summed E-state index contributed by atoms with van der Waals surface area (Å²) in [6.07, 6.45) is 1.56. The Morgan fingerprint density at radius 2 is 1.86 bits per heavy atom. The molecular weight excluding hydrogens is 328 g/mol. The summed E-state index contributed by atoms with van der Waals surface area (Å²) in [6, 6.07) is 16.8. The van der Waals surface area contributed by atoms with Crippen molar-refractivity contribution < 1.29 is 4.79 Å². The highest BCUT2D eigenvalue weighted by Gasteiger charge is 2.10. The molecule has 0 unspecified atom stereocenters. The lowest BCUT2D eigenvalue weighted by Gasteiger charge is -2.05. The summed E-state index contributed by atoms with van der Waals surface area (Å²) in [6.45, 7) is 1.97. The van der Waals surface area contributed by atoms with Crippen LogP contribution >= 0.6 is 15.9 Å². The van der Waals surface area contributed by atoms with Gasteiger partial charge in [-0.3, -0.25) is 4.79 Å². The first-order chi connectivity index (χ1) is 10.1. The third kappa shape index (κ3) is 4.04. The van der Waals surface area contributed by atoms with E-state index in [-0.39, 0.29) is 5.57 Å². The number of aryl methyl sites for hydroxylation is 1. The Hall–Kier alpha value is -2.38. The molecular formula is C17H13BrN2O. The van der Waals surface area contributed by atoms with Crippen molar-refractivity contribution in [3.63, 3.8) is 0 Å². The lowest BCUT2D eigenvalue weighted by atomic mass is 10.1. The highest BCUT2D eigenvalue weighted by atomic mass is 79.9. The summed E-state index contributed by atoms with van der Waals surface area (Å²) >= 11 is 3.39. The van der Waals surface area contributed by atoms with Gasteiger partial charge in [-0.1, -0.05) is 51.8 Å². The topological polar surface area (TPSA) is 52.9 Å². The molecule has 0 atom stereocenters. The van der Waals surface area contributed by atoms with E-state index in [0.29, 0.717) is 5.69 Å². The van der Waals surface area contributed by atoms with E-state index in [0.717, 1.165) is 15.6 Å². The molecule has 2 aromatic rings. The quantitative estimate of drug-likeness (QED) is 0.668. The Labute approximate surface area is 132 Å². The molecule has 0 aliphatic carbocycles. The van der Waals surface area contributed by atoms with Gasteiger partial charge in [-0.05, 0) is 36.8 Å². The Balaban J connectivity index is 2.22. The van der Waals surface area contributed by atoms with E-state index >= 15 is 0 Å². The van der Waals surface area contributed by atoms with Crippen LogP contribution in [-0.2, 0) is 4.79 Å². The van der Waals surface area contributed by atoms with E-state index < -0.39 is 5.91 Å². The van der Waals surface area contributed by atoms with Gasteiger partial charge in [0.15, 0.2) is 0 Å². The summed E-state index contributed by atoms with van der Waals surface area (Å²) in [4.78, 5) is 12.1. The molecule has 104 valence electrons. The van der Waals surface area contributed by atoms with Crippen LogP contribution in [0.2, 0.25) is 0 Å². The number of carbonyl (C=O) groups excluding carboxylic acids is 1. The molecule has 0 saturated carbocycles. The van der Waals surface area contributed by atoms with Crippen molar-refractivity contribution in [2.75, 3.05) is 5.32 Å². The Kier molecular flexibility index (Phi) is 4.91. The van der Waals surface area contributed by atoms with Crippen molar-refractivity contribution in [2.45, 2.75) is 6.92 Å². The first-order valence-corrected chi connectivity index (χ1v) is 7.14. The molecule has 3 nitrogen and oxygen atoms in total. The van der Waals surface area contributed by atoms with Crippen molar-refractivity contribution in [1.29, 1.82) is 5.26 Å². The lowest BCUT2D eigenvalue weighted by Crippen LogP contribution is -2.13. The largest absolute Gasteiger partial charge is 0.321 e. The van der Waals surface area contributed by atoms with Crippen LogP contribution in [0.4, 0.5) is 5.69 Å².